The summed E-state index contributed by atoms with van der Waals surface area (Å²) >= 11 is 3.01. The van der Waals surface area contributed by atoms with Gasteiger partial charge in [-0.05, 0) is 27.7 Å². The summed E-state index contributed by atoms with van der Waals surface area (Å²) < 4.78 is 5.07. The van der Waals surface area contributed by atoms with E-state index in [0.29, 0.717) is 23.1 Å². The number of aliphatic imine (C=N–C) groups is 1. The highest BCUT2D eigenvalue weighted by molar-refractivity contribution is 7.13. The first-order chi connectivity index (χ1) is 12.4. The maximum atomic E-state index is 11.9. The Balaban J connectivity index is 1.91. The minimum Gasteiger partial charge on any atom is -0.462 e. The van der Waals surface area contributed by atoms with Crippen molar-refractivity contribution in [2.75, 3.05) is 20.2 Å². The van der Waals surface area contributed by atoms with Gasteiger partial charge in [-0.15, -0.1) is 22.7 Å². The third-order valence-electron chi connectivity index (χ3n) is 3.56. The fourth-order valence-electron chi connectivity index (χ4n) is 2.28. The van der Waals surface area contributed by atoms with Crippen LogP contribution in [0, 0.1) is 13.8 Å². The lowest BCUT2D eigenvalue weighted by atomic mass is 10.3. The van der Waals surface area contributed by atoms with E-state index in [4.69, 9.17) is 4.74 Å². The van der Waals surface area contributed by atoms with Crippen molar-refractivity contribution in [1.29, 1.82) is 0 Å². The van der Waals surface area contributed by atoms with E-state index in [-0.39, 0.29) is 12.0 Å². The maximum Gasteiger partial charge on any atom is 0.350 e. The molecule has 7 nitrogen and oxygen atoms in total. The number of guanidine groups is 1. The second kappa shape index (κ2) is 9.63. The Kier molecular flexibility index (Phi) is 7.52. The second-order valence-corrected chi connectivity index (χ2v) is 7.75. The average Bonchev–Trinajstić information content (AvgIpc) is 3.19. The Labute approximate surface area is 161 Å². The molecule has 0 spiro atoms. The zero-order valence-electron chi connectivity index (χ0n) is 15.8. The van der Waals surface area contributed by atoms with Crippen LogP contribution in [-0.2, 0) is 11.2 Å². The van der Waals surface area contributed by atoms with Crippen molar-refractivity contribution in [3.05, 3.63) is 31.7 Å². The van der Waals surface area contributed by atoms with Crippen molar-refractivity contribution >= 4 is 34.6 Å². The zero-order valence-corrected chi connectivity index (χ0v) is 17.4. The summed E-state index contributed by atoms with van der Waals surface area (Å²) in [6.45, 7) is 8.70. The fraction of sp³-hybridized carbons (Fsp3) is 0.529. The molecule has 0 fully saturated rings. The van der Waals surface area contributed by atoms with E-state index in [1.807, 2.05) is 20.8 Å². The van der Waals surface area contributed by atoms with Crippen molar-refractivity contribution in [1.82, 2.24) is 20.6 Å². The summed E-state index contributed by atoms with van der Waals surface area (Å²) in [7, 11) is 1.73. The monoisotopic (exact) mass is 395 g/mol. The summed E-state index contributed by atoms with van der Waals surface area (Å²) in [5.41, 5.74) is 1.78. The van der Waals surface area contributed by atoms with Crippen LogP contribution in [0.2, 0.25) is 0 Å². The second-order valence-electron chi connectivity index (χ2n) is 5.66. The molecule has 0 aliphatic heterocycles. The van der Waals surface area contributed by atoms with Crippen LogP contribution in [0.25, 0.3) is 0 Å². The van der Waals surface area contributed by atoms with Crippen molar-refractivity contribution < 1.29 is 9.53 Å². The number of ether oxygens (including phenoxy) is 1. The summed E-state index contributed by atoms with van der Waals surface area (Å²) in [5, 5.41) is 10.6. The molecule has 1 unspecified atom stereocenters. The van der Waals surface area contributed by atoms with Gasteiger partial charge < -0.3 is 15.4 Å². The lowest BCUT2D eigenvalue weighted by Gasteiger charge is -2.16. The van der Waals surface area contributed by atoms with E-state index in [0.717, 1.165) is 28.7 Å². The fourth-order valence-corrected chi connectivity index (χ4v) is 3.89. The van der Waals surface area contributed by atoms with E-state index < -0.39 is 0 Å². The zero-order chi connectivity index (χ0) is 19.1. The molecule has 0 amide bonds. The number of nitrogens with one attached hydrogen (secondary N) is 2. The van der Waals surface area contributed by atoms with Crippen LogP contribution < -0.4 is 10.6 Å². The highest BCUT2D eigenvalue weighted by atomic mass is 32.1. The number of carbonyl (C=O) groups excluding carboxylic acids is 1. The van der Waals surface area contributed by atoms with Crippen LogP contribution >= 0.6 is 22.7 Å². The van der Waals surface area contributed by atoms with E-state index in [9.17, 15) is 4.79 Å². The standard InChI is InChI=1S/C17H25N5O2S2/c1-6-24-16(23)14-10(2)20-15(26-14)11(3)21-17(18-5)19-8-7-13-9-25-12(4)22-13/h9,11H,6-8H2,1-5H3,(H2,18,19,21). The number of aryl methyl sites for hydroxylation is 2. The quantitative estimate of drug-likeness (QED) is 0.426. The summed E-state index contributed by atoms with van der Waals surface area (Å²) in [6.07, 6.45) is 0.836. The molecular weight excluding hydrogens is 370 g/mol. The first-order valence-corrected chi connectivity index (χ1v) is 10.2. The van der Waals surface area contributed by atoms with E-state index in [1.54, 1.807) is 25.3 Å². The van der Waals surface area contributed by atoms with Crippen molar-refractivity contribution in [2.45, 2.75) is 40.2 Å². The van der Waals surface area contributed by atoms with E-state index in [1.165, 1.54) is 11.3 Å². The van der Waals surface area contributed by atoms with Gasteiger partial charge in [0, 0.05) is 25.4 Å². The molecule has 2 aromatic heterocycles. The number of thiazole rings is 2. The molecule has 0 aromatic carbocycles. The molecule has 1 atom stereocenters. The number of esters is 1. The SMILES string of the molecule is CCOC(=O)c1sc(C(C)NC(=NC)NCCc2csc(C)n2)nc1C. The van der Waals surface area contributed by atoms with Crippen molar-refractivity contribution in [3.63, 3.8) is 0 Å². The Bertz CT molecular complexity index is 769. The van der Waals surface area contributed by atoms with Gasteiger partial charge in [0.15, 0.2) is 5.96 Å². The Morgan fingerprint density at radius 3 is 2.77 bits per heavy atom. The van der Waals surface area contributed by atoms with Gasteiger partial charge in [0.05, 0.1) is 29.0 Å². The van der Waals surface area contributed by atoms with Crippen LogP contribution in [-0.4, -0.2) is 42.1 Å². The largest absolute Gasteiger partial charge is 0.462 e. The number of nitrogens with zero attached hydrogens (tertiary/aromatic N) is 3. The summed E-state index contributed by atoms with van der Waals surface area (Å²) in [4.78, 5) is 25.7. The molecule has 0 radical (unpaired) electrons. The highest BCUT2D eigenvalue weighted by Gasteiger charge is 2.20. The lowest BCUT2D eigenvalue weighted by Crippen LogP contribution is -2.39. The van der Waals surface area contributed by atoms with E-state index >= 15 is 0 Å². The third kappa shape index (κ3) is 5.50. The summed E-state index contributed by atoms with van der Waals surface area (Å²) in [6, 6.07) is -0.0745. The number of rotatable bonds is 7. The van der Waals surface area contributed by atoms with Crippen LogP contribution in [0.3, 0.4) is 0 Å². The first kappa shape index (κ1) is 20.3. The van der Waals surface area contributed by atoms with Gasteiger partial charge in [-0.2, -0.15) is 0 Å². The van der Waals surface area contributed by atoms with Crippen molar-refractivity contribution in [2.24, 2.45) is 4.99 Å². The van der Waals surface area contributed by atoms with Gasteiger partial charge in [-0.1, -0.05) is 0 Å². The molecular formula is C17H25N5O2S2. The molecule has 142 valence electrons. The molecule has 2 rings (SSSR count). The molecule has 9 heteroatoms. The van der Waals surface area contributed by atoms with Crippen molar-refractivity contribution in [3.8, 4) is 0 Å². The maximum absolute atomic E-state index is 11.9. The summed E-state index contributed by atoms with van der Waals surface area (Å²) in [5.74, 6) is 0.372. The molecule has 26 heavy (non-hydrogen) atoms. The van der Waals surface area contributed by atoms with Gasteiger partial charge in [0.2, 0.25) is 0 Å². The van der Waals surface area contributed by atoms with Gasteiger partial charge in [-0.3, -0.25) is 4.99 Å². The van der Waals surface area contributed by atoms with Gasteiger partial charge >= 0.3 is 5.97 Å². The van der Waals surface area contributed by atoms with Crippen LogP contribution in [0.5, 0.6) is 0 Å². The Morgan fingerprint density at radius 1 is 1.38 bits per heavy atom. The third-order valence-corrected chi connectivity index (χ3v) is 5.70. The minimum absolute atomic E-state index is 0.0745. The molecule has 0 saturated carbocycles. The number of aromatic nitrogens is 2. The van der Waals surface area contributed by atoms with Gasteiger partial charge in [0.1, 0.15) is 9.88 Å². The Hall–Kier alpha value is -2.00. The van der Waals surface area contributed by atoms with Crippen LogP contribution in [0.4, 0.5) is 0 Å². The van der Waals surface area contributed by atoms with E-state index in [2.05, 4.69) is 31.0 Å². The van der Waals surface area contributed by atoms with Gasteiger partial charge in [0.25, 0.3) is 0 Å². The molecule has 2 aromatic rings. The molecule has 0 aliphatic carbocycles. The Morgan fingerprint density at radius 2 is 2.15 bits per heavy atom. The predicted octanol–water partition coefficient (Wildman–Crippen LogP) is 2.86. The molecule has 2 heterocycles. The highest BCUT2D eigenvalue weighted by Crippen LogP contribution is 2.24. The molecule has 0 bridgehead atoms. The number of hydrogen-bond acceptors (Lipinski definition) is 7. The number of carbonyl (C=O) groups is 1. The predicted molar refractivity (Wildman–Crippen MR) is 106 cm³/mol. The normalized spacial score (nSPS) is 12.7. The molecule has 0 saturated heterocycles. The minimum atomic E-state index is -0.318. The topological polar surface area (TPSA) is 88.5 Å². The first-order valence-electron chi connectivity index (χ1n) is 8.47. The number of hydrogen-bond donors (Lipinski definition) is 2. The van der Waals surface area contributed by atoms with Crippen LogP contribution in [0.15, 0.2) is 10.4 Å². The van der Waals surface area contributed by atoms with Crippen LogP contribution in [0.1, 0.15) is 51.0 Å². The van der Waals surface area contributed by atoms with Gasteiger partial charge in [-0.25, -0.2) is 14.8 Å². The lowest BCUT2D eigenvalue weighted by molar-refractivity contribution is 0.0531. The molecule has 2 N–H and O–H groups in total. The average molecular weight is 396 g/mol. The molecule has 0 aliphatic rings. The smallest absolute Gasteiger partial charge is 0.350 e.